The van der Waals surface area contributed by atoms with Gasteiger partial charge in [-0.3, -0.25) is 9.36 Å². The Bertz CT molecular complexity index is 933. The molecule has 0 aliphatic heterocycles. The van der Waals surface area contributed by atoms with Crippen molar-refractivity contribution in [1.29, 1.82) is 0 Å². The molecule has 0 radical (unpaired) electrons. The topological polar surface area (TPSA) is 66.2 Å². The van der Waals surface area contributed by atoms with Gasteiger partial charge in [0.2, 0.25) is 0 Å². The summed E-state index contributed by atoms with van der Waals surface area (Å²) in [6.07, 6.45) is 0. The number of ether oxygens (including phenoxy) is 2. The lowest BCUT2D eigenvalue weighted by molar-refractivity contribution is -0.142. The van der Waals surface area contributed by atoms with Crippen LogP contribution in [0.5, 0.6) is 5.75 Å². The quantitative estimate of drug-likeness (QED) is 0.419. The zero-order chi connectivity index (χ0) is 19.9. The van der Waals surface area contributed by atoms with Crippen molar-refractivity contribution in [2.45, 2.75) is 30.9 Å². The monoisotopic (exact) mass is 401 g/mol. The predicted octanol–water partition coefficient (Wildman–Crippen LogP) is 4.03. The summed E-state index contributed by atoms with van der Waals surface area (Å²) in [5.74, 6) is -0.134. The molecule has 0 bridgehead atoms. The van der Waals surface area contributed by atoms with Crippen LogP contribution in [0.25, 0.3) is 5.69 Å². The molecule has 3 aromatic rings. The van der Waals surface area contributed by atoms with Gasteiger partial charge in [-0.15, -0.1) is 10.2 Å². The van der Waals surface area contributed by atoms with E-state index in [1.807, 2.05) is 30.3 Å². The van der Waals surface area contributed by atoms with Gasteiger partial charge in [0, 0.05) is 5.69 Å². The molecule has 0 N–H and O–H groups in total. The molecule has 0 spiro atoms. The molecule has 0 fully saturated rings. The Hall–Kier alpha value is -2.87. The molecule has 146 valence electrons. The van der Waals surface area contributed by atoms with Gasteiger partial charge < -0.3 is 9.47 Å². The van der Waals surface area contributed by atoms with Gasteiger partial charge in [0.15, 0.2) is 22.5 Å². The molecule has 3 rings (SSSR count). The number of para-hydroxylation sites is 2. The van der Waals surface area contributed by atoms with Gasteiger partial charge in [0.05, 0.1) is 6.61 Å². The predicted molar refractivity (Wildman–Crippen MR) is 104 cm³/mol. The number of rotatable bonds is 8. The van der Waals surface area contributed by atoms with Gasteiger partial charge in [0.1, 0.15) is 11.9 Å². The second-order valence-corrected chi connectivity index (χ2v) is 7.11. The number of halogens is 1. The molecule has 1 aromatic heterocycles. The van der Waals surface area contributed by atoms with Gasteiger partial charge in [0.25, 0.3) is 0 Å². The Labute approximate surface area is 166 Å². The standard InChI is InChI=1S/C20H20FN3O3S/c1-3-26-19(25)14(2)28-20-23-22-18(24(20)15-9-5-4-6-10-15)13-27-17-12-8-7-11-16(17)21/h4-12,14H,3,13H2,1-2H3. The Morgan fingerprint density at radius 3 is 2.57 bits per heavy atom. The van der Waals surface area contributed by atoms with Crippen molar-refractivity contribution in [3.05, 3.63) is 66.2 Å². The minimum absolute atomic E-state index is 0.0250. The van der Waals surface area contributed by atoms with E-state index in [0.717, 1.165) is 5.69 Å². The molecule has 1 unspecified atom stereocenters. The summed E-state index contributed by atoms with van der Waals surface area (Å²) < 4.78 is 26.3. The minimum atomic E-state index is -0.452. The summed E-state index contributed by atoms with van der Waals surface area (Å²) >= 11 is 1.24. The maximum Gasteiger partial charge on any atom is 0.319 e. The highest BCUT2D eigenvalue weighted by atomic mass is 32.2. The van der Waals surface area contributed by atoms with Crippen LogP contribution >= 0.6 is 11.8 Å². The summed E-state index contributed by atoms with van der Waals surface area (Å²) in [7, 11) is 0. The third-order valence-corrected chi connectivity index (χ3v) is 4.83. The van der Waals surface area contributed by atoms with Crippen molar-refractivity contribution in [3.8, 4) is 11.4 Å². The van der Waals surface area contributed by atoms with Gasteiger partial charge in [-0.2, -0.15) is 0 Å². The molecule has 0 aliphatic rings. The highest BCUT2D eigenvalue weighted by Gasteiger charge is 2.22. The molecule has 1 atom stereocenters. The molecular weight excluding hydrogens is 381 g/mol. The van der Waals surface area contributed by atoms with E-state index in [1.54, 1.807) is 36.6 Å². The summed E-state index contributed by atoms with van der Waals surface area (Å²) in [4.78, 5) is 12.0. The van der Waals surface area contributed by atoms with Crippen molar-refractivity contribution in [3.63, 3.8) is 0 Å². The Balaban J connectivity index is 1.87. The second-order valence-electron chi connectivity index (χ2n) is 5.80. The van der Waals surface area contributed by atoms with Gasteiger partial charge in [-0.25, -0.2) is 4.39 Å². The van der Waals surface area contributed by atoms with Crippen molar-refractivity contribution in [2.24, 2.45) is 0 Å². The average Bonchev–Trinajstić information content (AvgIpc) is 3.10. The molecule has 8 heteroatoms. The first-order valence-corrected chi connectivity index (χ1v) is 9.68. The third-order valence-electron chi connectivity index (χ3n) is 3.81. The number of nitrogens with zero attached hydrogens (tertiary/aromatic N) is 3. The fraction of sp³-hybridized carbons (Fsp3) is 0.250. The molecular formula is C20H20FN3O3S. The zero-order valence-electron chi connectivity index (χ0n) is 15.5. The summed E-state index contributed by atoms with van der Waals surface area (Å²) in [5.41, 5.74) is 0.818. The summed E-state index contributed by atoms with van der Waals surface area (Å²) in [6, 6.07) is 15.7. The van der Waals surface area contributed by atoms with E-state index in [2.05, 4.69) is 10.2 Å². The normalized spacial score (nSPS) is 11.8. The number of esters is 1. The first-order valence-electron chi connectivity index (χ1n) is 8.80. The van der Waals surface area contributed by atoms with E-state index in [0.29, 0.717) is 17.6 Å². The van der Waals surface area contributed by atoms with Gasteiger partial charge in [-0.05, 0) is 38.1 Å². The SMILES string of the molecule is CCOC(=O)C(C)Sc1nnc(COc2ccccc2F)n1-c1ccccc1. The third kappa shape index (κ3) is 4.69. The van der Waals surface area contributed by atoms with E-state index in [4.69, 9.17) is 9.47 Å². The molecule has 6 nitrogen and oxygen atoms in total. The molecule has 0 saturated carbocycles. The molecule has 0 saturated heterocycles. The molecule has 0 aliphatic carbocycles. The lowest BCUT2D eigenvalue weighted by Crippen LogP contribution is -2.17. The van der Waals surface area contributed by atoms with Crippen LogP contribution in [0.1, 0.15) is 19.7 Å². The zero-order valence-corrected chi connectivity index (χ0v) is 16.4. The van der Waals surface area contributed by atoms with Gasteiger partial charge in [-0.1, -0.05) is 42.1 Å². The molecule has 2 aromatic carbocycles. The van der Waals surface area contributed by atoms with E-state index in [9.17, 15) is 9.18 Å². The number of hydrogen-bond acceptors (Lipinski definition) is 6. The maximum atomic E-state index is 13.8. The Morgan fingerprint density at radius 2 is 1.86 bits per heavy atom. The Morgan fingerprint density at radius 1 is 1.14 bits per heavy atom. The number of aromatic nitrogens is 3. The largest absolute Gasteiger partial charge is 0.483 e. The first-order chi connectivity index (χ1) is 13.6. The fourth-order valence-corrected chi connectivity index (χ4v) is 3.36. The highest BCUT2D eigenvalue weighted by Crippen LogP contribution is 2.27. The van der Waals surface area contributed by atoms with Crippen LogP contribution in [0.15, 0.2) is 59.8 Å². The van der Waals surface area contributed by atoms with Crippen molar-refractivity contribution >= 4 is 17.7 Å². The number of thioether (sulfide) groups is 1. The number of carbonyl (C=O) groups excluding carboxylic acids is 1. The van der Waals surface area contributed by atoms with Crippen molar-refractivity contribution < 1.29 is 18.7 Å². The minimum Gasteiger partial charge on any atom is -0.483 e. The fourth-order valence-electron chi connectivity index (χ4n) is 2.48. The molecule has 0 amide bonds. The van der Waals surface area contributed by atoms with E-state index < -0.39 is 11.1 Å². The lowest BCUT2D eigenvalue weighted by Gasteiger charge is -2.13. The number of hydrogen-bond donors (Lipinski definition) is 0. The van der Waals surface area contributed by atoms with Crippen LogP contribution < -0.4 is 4.74 Å². The summed E-state index contributed by atoms with van der Waals surface area (Å²) in [5, 5.41) is 8.47. The lowest BCUT2D eigenvalue weighted by atomic mass is 10.3. The van der Waals surface area contributed by atoms with E-state index >= 15 is 0 Å². The van der Waals surface area contributed by atoms with Crippen LogP contribution in [-0.2, 0) is 16.1 Å². The van der Waals surface area contributed by atoms with Crippen LogP contribution in [0.4, 0.5) is 4.39 Å². The maximum absolute atomic E-state index is 13.8. The molecule has 28 heavy (non-hydrogen) atoms. The van der Waals surface area contributed by atoms with Crippen LogP contribution in [-0.4, -0.2) is 32.6 Å². The first kappa shape index (κ1) is 19.9. The Kier molecular flexibility index (Phi) is 6.65. The smallest absolute Gasteiger partial charge is 0.319 e. The molecule has 1 heterocycles. The van der Waals surface area contributed by atoms with Crippen LogP contribution in [0, 0.1) is 5.82 Å². The van der Waals surface area contributed by atoms with E-state index in [1.165, 1.54) is 17.8 Å². The van der Waals surface area contributed by atoms with Crippen molar-refractivity contribution in [1.82, 2.24) is 14.8 Å². The van der Waals surface area contributed by atoms with Crippen LogP contribution in [0.2, 0.25) is 0 Å². The van der Waals surface area contributed by atoms with Gasteiger partial charge >= 0.3 is 5.97 Å². The van der Waals surface area contributed by atoms with E-state index in [-0.39, 0.29) is 18.3 Å². The number of carbonyl (C=O) groups is 1. The summed E-state index contributed by atoms with van der Waals surface area (Å²) in [6.45, 7) is 3.86. The average molecular weight is 401 g/mol. The second kappa shape index (κ2) is 9.36. The highest BCUT2D eigenvalue weighted by molar-refractivity contribution is 8.00. The number of benzene rings is 2. The van der Waals surface area contributed by atoms with Crippen molar-refractivity contribution in [2.75, 3.05) is 6.61 Å². The van der Waals surface area contributed by atoms with Crippen LogP contribution in [0.3, 0.4) is 0 Å².